The van der Waals surface area contributed by atoms with Gasteiger partial charge in [0.15, 0.2) is 0 Å². The van der Waals surface area contributed by atoms with E-state index in [4.69, 9.17) is 0 Å². The van der Waals surface area contributed by atoms with Crippen LogP contribution in [0.5, 0.6) is 0 Å². The molecule has 2 rings (SSSR count). The van der Waals surface area contributed by atoms with Gasteiger partial charge in [-0.3, -0.25) is 0 Å². The van der Waals surface area contributed by atoms with Gasteiger partial charge < -0.3 is 10.0 Å². The first-order valence-corrected chi connectivity index (χ1v) is 6.84. The molecule has 1 N–H and O–H groups in total. The Kier molecular flexibility index (Phi) is 4.23. The van der Waals surface area contributed by atoms with Crippen molar-refractivity contribution in [2.24, 2.45) is 5.92 Å². The SMILES string of the molecule is CCCC1CCN(c2ccc(F)cc2[C@@H](C)O)C1. The minimum Gasteiger partial charge on any atom is -0.389 e. The van der Waals surface area contributed by atoms with E-state index in [-0.39, 0.29) is 5.82 Å². The van der Waals surface area contributed by atoms with E-state index in [0.717, 1.165) is 24.7 Å². The van der Waals surface area contributed by atoms with Crippen molar-refractivity contribution < 1.29 is 9.50 Å². The van der Waals surface area contributed by atoms with Crippen LogP contribution in [-0.2, 0) is 0 Å². The van der Waals surface area contributed by atoms with Gasteiger partial charge in [-0.15, -0.1) is 0 Å². The van der Waals surface area contributed by atoms with Crippen molar-refractivity contribution in [3.8, 4) is 0 Å². The summed E-state index contributed by atoms with van der Waals surface area (Å²) in [7, 11) is 0. The van der Waals surface area contributed by atoms with E-state index in [0.29, 0.717) is 5.56 Å². The van der Waals surface area contributed by atoms with Gasteiger partial charge in [-0.2, -0.15) is 0 Å². The standard InChI is InChI=1S/C15H22FNO/c1-3-4-12-7-8-17(10-12)15-6-5-13(16)9-14(15)11(2)18/h5-6,9,11-12,18H,3-4,7-8,10H2,1-2H3/t11-,12?/m1/s1. The first-order valence-electron chi connectivity index (χ1n) is 6.84. The molecule has 0 bridgehead atoms. The highest BCUT2D eigenvalue weighted by molar-refractivity contribution is 5.55. The fourth-order valence-electron chi connectivity index (χ4n) is 2.84. The molecule has 1 aromatic carbocycles. The van der Waals surface area contributed by atoms with E-state index in [1.807, 2.05) is 0 Å². The molecule has 100 valence electrons. The maximum Gasteiger partial charge on any atom is 0.123 e. The zero-order valence-corrected chi connectivity index (χ0v) is 11.2. The second-order valence-electron chi connectivity index (χ2n) is 5.27. The second kappa shape index (κ2) is 5.70. The van der Waals surface area contributed by atoms with Crippen LogP contribution in [0.2, 0.25) is 0 Å². The Labute approximate surface area is 108 Å². The molecule has 1 saturated heterocycles. The molecule has 0 spiro atoms. The lowest BCUT2D eigenvalue weighted by Crippen LogP contribution is -2.21. The molecule has 0 radical (unpaired) electrons. The third kappa shape index (κ3) is 2.83. The number of hydrogen-bond acceptors (Lipinski definition) is 2. The van der Waals surface area contributed by atoms with Gasteiger partial charge in [0.05, 0.1) is 6.10 Å². The Bertz CT molecular complexity index is 405. The zero-order chi connectivity index (χ0) is 13.1. The summed E-state index contributed by atoms with van der Waals surface area (Å²) < 4.78 is 13.3. The number of hydrogen-bond donors (Lipinski definition) is 1. The molecule has 1 aliphatic rings. The number of anilines is 1. The lowest BCUT2D eigenvalue weighted by atomic mass is 10.0. The van der Waals surface area contributed by atoms with Gasteiger partial charge in [0.1, 0.15) is 5.82 Å². The lowest BCUT2D eigenvalue weighted by Gasteiger charge is -2.23. The molecular weight excluding hydrogens is 229 g/mol. The average molecular weight is 251 g/mol. The van der Waals surface area contributed by atoms with Gasteiger partial charge in [0.2, 0.25) is 0 Å². The van der Waals surface area contributed by atoms with Gasteiger partial charge >= 0.3 is 0 Å². The van der Waals surface area contributed by atoms with Crippen LogP contribution in [0.4, 0.5) is 10.1 Å². The van der Waals surface area contributed by atoms with Crippen LogP contribution in [0.1, 0.15) is 44.8 Å². The van der Waals surface area contributed by atoms with Gasteiger partial charge in [-0.1, -0.05) is 13.3 Å². The molecule has 0 aliphatic carbocycles. The normalized spacial score (nSPS) is 21.3. The Balaban J connectivity index is 2.18. The molecule has 0 saturated carbocycles. The highest BCUT2D eigenvalue weighted by atomic mass is 19.1. The number of rotatable bonds is 4. The highest BCUT2D eigenvalue weighted by Crippen LogP contribution is 2.32. The highest BCUT2D eigenvalue weighted by Gasteiger charge is 2.24. The summed E-state index contributed by atoms with van der Waals surface area (Å²) in [6.45, 7) is 5.94. The fraction of sp³-hybridized carbons (Fsp3) is 0.600. The summed E-state index contributed by atoms with van der Waals surface area (Å²) in [6, 6.07) is 4.73. The van der Waals surface area contributed by atoms with Crippen LogP contribution >= 0.6 is 0 Å². The molecule has 18 heavy (non-hydrogen) atoms. The minimum atomic E-state index is -0.624. The monoisotopic (exact) mass is 251 g/mol. The van der Waals surface area contributed by atoms with Crippen molar-refractivity contribution in [1.29, 1.82) is 0 Å². The van der Waals surface area contributed by atoms with Gasteiger partial charge in [0.25, 0.3) is 0 Å². The first kappa shape index (κ1) is 13.3. The molecule has 2 atom stereocenters. The van der Waals surface area contributed by atoms with E-state index in [9.17, 15) is 9.50 Å². The molecule has 0 amide bonds. The summed E-state index contributed by atoms with van der Waals surface area (Å²) in [5.74, 6) is 0.459. The van der Waals surface area contributed by atoms with E-state index < -0.39 is 6.10 Å². The average Bonchev–Trinajstić information content (AvgIpc) is 2.78. The van der Waals surface area contributed by atoms with Crippen molar-refractivity contribution in [2.45, 2.75) is 39.2 Å². The van der Waals surface area contributed by atoms with E-state index >= 15 is 0 Å². The largest absolute Gasteiger partial charge is 0.389 e. The number of nitrogens with zero attached hydrogens (tertiary/aromatic N) is 1. The summed E-state index contributed by atoms with van der Waals surface area (Å²) in [6.07, 6.45) is 3.04. The molecule has 3 heteroatoms. The summed E-state index contributed by atoms with van der Waals surface area (Å²) in [5.41, 5.74) is 1.69. The Morgan fingerprint density at radius 3 is 2.94 bits per heavy atom. The first-order chi connectivity index (χ1) is 8.61. The Morgan fingerprint density at radius 1 is 1.50 bits per heavy atom. The number of aliphatic hydroxyl groups is 1. The second-order valence-corrected chi connectivity index (χ2v) is 5.27. The quantitative estimate of drug-likeness (QED) is 0.885. The lowest BCUT2D eigenvalue weighted by molar-refractivity contribution is 0.199. The molecule has 1 aliphatic heterocycles. The van der Waals surface area contributed by atoms with Crippen LogP contribution in [0, 0.1) is 11.7 Å². The van der Waals surface area contributed by atoms with E-state index in [1.54, 1.807) is 13.0 Å². The van der Waals surface area contributed by atoms with Gasteiger partial charge in [-0.05, 0) is 43.9 Å². The predicted octanol–water partition coefficient (Wildman–Crippen LogP) is 3.51. The Morgan fingerprint density at radius 2 is 2.28 bits per heavy atom. The predicted molar refractivity (Wildman–Crippen MR) is 72.3 cm³/mol. The molecular formula is C15H22FNO. The third-order valence-corrected chi connectivity index (χ3v) is 3.76. The van der Waals surface area contributed by atoms with E-state index in [2.05, 4.69) is 11.8 Å². The van der Waals surface area contributed by atoms with Crippen molar-refractivity contribution in [3.05, 3.63) is 29.6 Å². The third-order valence-electron chi connectivity index (χ3n) is 3.76. The fourth-order valence-corrected chi connectivity index (χ4v) is 2.84. The van der Waals surface area contributed by atoms with Gasteiger partial charge in [0, 0.05) is 24.3 Å². The Hall–Kier alpha value is -1.09. The van der Waals surface area contributed by atoms with Crippen molar-refractivity contribution in [1.82, 2.24) is 0 Å². The van der Waals surface area contributed by atoms with Crippen LogP contribution in [0.25, 0.3) is 0 Å². The smallest absolute Gasteiger partial charge is 0.123 e. The molecule has 1 aromatic rings. The molecule has 2 nitrogen and oxygen atoms in total. The van der Waals surface area contributed by atoms with Crippen LogP contribution in [0.15, 0.2) is 18.2 Å². The molecule has 1 heterocycles. The maximum atomic E-state index is 13.3. The summed E-state index contributed by atoms with van der Waals surface area (Å²) in [4.78, 5) is 2.28. The van der Waals surface area contributed by atoms with Gasteiger partial charge in [-0.25, -0.2) is 4.39 Å². The van der Waals surface area contributed by atoms with Crippen molar-refractivity contribution >= 4 is 5.69 Å². The molecule has 0 aromatic heterocycles. The number of halogens is 1. The van der Waals surface area contributed by atoms with Crippen LogP contribution < -0.4 is 4.90 Å². The zero-order valence-electron chi connectivity index (χ0n) is 11.2. The van der Waals surface area contributed by atoms with Crippen molar-refractivity contribution in [2.75, 3.05) is 18.0 Å². The molecule has 1 unspecified atom stereocenters. The van der Waals surface area contributed by atoms with Crippen LogP contribution in [0.3, 0.4) is 0 Å². The molecule has 1 fully saturated rings. The number of aliphatic hydroxyl groups excluding tert-OH is 1. The summed E-state index contributed by atoms with van der Waals surface area (Å²) >= 11 is 0. The maximum absolute atomic E-state index is 13.3. The van der Waals surface area contributed by atoms with E-state index in [1.165, 1.54) is 31.4 Å². The van der Waals surface area contributed by atoms with Crippen molar-refractivity contribution in [3.63, 3.8) is 0 Å². The summed E-state index contributed by atoms with van der Waals surface area (Å²) in [5, 5.41) is 9.77. The topological polar surface area (TPSA) is 23.5 Å². The van der Waals surface area contributed by atoms with Crippen LogP contribution in [-0.4, -0.2) is 18.2 Å². The number of benzene rings is 1. The minimum absolute atomic E-state index is 0.279.